The number of rotatable bonds is 3. The maximum atomic E-state index is 12.2. The zero-order valence-corrected chi connectivity index (χ0v) is 10.6. The number of hydrogen-bond acceptors (Lipinski definition) is 5. The van der Waals surface area contributed by atoms with Gasteiger partial charge in [0.1, 0.15) is 6.04 Å². The molecule has 17 heavy (non-hydrogen) atoms. The van der Waals surface area contributed by atoms with E-state index in [0.29, 0.717) is 0 Å². The van der Waals surface area contributed by atoms with E-state index in [4.69, 9.17) is 5.11 Å². The van der Waals surface area contributed by atoms with Crippen LogP contribution in [0.2, 0.25) is 0 Å². The summed E-state index contributed by atoms with van der Waals surface area (Å²) in [6, 6.07) is 0.358. The second-order valence-corrected chi connectivity index (χ2v) is 6.38. The second kappa shape index (κ2) is 4.31. The molecular formula is C8H11N3O4S2. The molecule has 1 aliphatic heterocycles. The molecule has 1 N–H and O–H groups in total. The Labute approximate surface area is 102 Å². The number of carboxylic acid groups (broad SMARTS) is 1. The molecule has 9 heteroatoms. The number of aromatic nitrogens is 2. The van der Waals surface area contributed by atoms with Crippen LogP contribution in [-0.2, 0) is 21.9 Å². The van der Waals surface area contributed by atoms with Crippen LogP contribution in [0.25, 0.3) is 0 Å². The summed E-state index contributed by atoms with van der Waals surface area (Å²) < 4.78 is 26.7. The number of carboxylic acids is 1. The largest absolute Gasteiger partial charge is 0.480 e. The molecule has 1 saturated heterocycles. The van der Waals surface area contributed by atoms with Crippen molar-refractivity contribution in [2.24, 2.45) is 7.05 Å². The second-order valence-electron chi connectivity index (χ2n) is 3.54. The Morgan fingerprint density at radius 2 is 2.35 bits per heavy atom. The van der Waals surface area contributed by atoms with Crippen LogP contribution in [0.15, 0.2) is 17.3 Å². The first kappa shape index (κ1) is 12.4. The van der Waals surface area contributed by atoms with Gasteiger partial charge in [-0.2, -0.15) is 9.40 Å². The third kappa shape index (κ3) is 2.05. The molecule has 0 aromatic carbocycles. The first-order valence-corrected chi connectivity index (χ1v) is 7.34. The summed E-state index contributed by atoms with van der Waals surface area (Å²) in [6.07, 6.45) is 1.37. The van der Waals surface area contributed by atoms with Crippen LogP contribution in [0.3, 0.4) is 0 Å². The highest BCUT2D eigenvalue weighted by molar-refractivity contribution is 8.00. The van der Waals surface area contributed by atoms with E-state index in [-0.39, 0.29) is 16.7 Å². The summed E-state index contributed by atoms with van der Waals surface area (Å²) in [6.45, 7) is 0. The molecule has 1 fully saturated rings. The fraction of sp³-hybridized carbons (Fsp3) is 0.500. The van der Waals surface area contributed by atoms with E-state index in [9.17, 15) is 13.2 Å². The Morgan fingerprint density at radius 1 is 1.65 bits per heavy atom. The molecule has 7 nitrogen and oxygen atoms in total. The maximum absolute atomic E-state index is 12.2. The third-order valence-electron chi connectivity index (χ3n) is 2.48. The van der Waals surface area contributed by atoms with Crippen LogP contribution in [0.4, 0.5) is 0 Å². The normalized spacial score (nSPS) is 21.8. The van der Waals surface area contributed by atoms with Crippen molar-refractivity contribution in [1.29, 1.82) is 0 Å². The molecule has 1 aromatic rings. The summed E-state index contributed by atoms with van der Waals surface area (Å²) >= 11 is 1.28. The van der Waals surface area contributed by atoms with Gasteiger partial charge < -0.3 is 5.11 Å². The van der Waals surface area contributed by atoms with E-state index in [0.717, 1.165) is 4.31 Å². The van der Waals surface area contributed by atoms with Gasteiger partial charge in [0, 0.05) is 12.8 Å². The van der Waals surface area contributed by atoms with Gasteiger partial charge in [0.2, 0.25) is 0 Å². The Balaban J connectivity index is 2.40. The predicted molar refractivity (Wildman–Crippen MR) is 61.0 cm³/mol. The van der Waals surface area contributed by atoms with E-state index >= 15 is 0 Å². The molecule has 0 saturated carbocycles. The van der Waals surface area contributed by atoms with Gasteiger partial charge in [-0.3, -0.25) is 9.48 Å². The predicted octanol–water partition coefficient (Wildman–Crippen LogP) is -0.432. The highest BCUT2D eigenvalue weighted by Crippen LogP contribution is 2.27. The fourth-order valence-corrected chi connectivity index (χ4v) is 4.83. The Kier molecular flexibility index (Phi) is 3.15. The molecule has 0 bridgehead atoms. The van der Waals surface area contributed by atoms with E-state index in [2.05, 4.69) is 5.10 Å². The van der Waals surface area contributed by atoms with Crippen LogP contribution in [0, 0.1) is 0 Å². The zero-order chi connectivity index (χ0) is 12.6. The summed E-state index contributed by atoms with van der Waals surface area (Å²) in [5.74, 6) is -0.697. The highest BCUT2D eigenvalue weighted by atomic mass is 32.2. The van der Waals surface area contributed by atoms with Gasteiger partial charge in [-0.1, -0.05) is 0 Å². The van der Waals surface area contributed by atoms with Crippen LogP contribution in [0.5, 0.6) is 0 Å². The van der Waals surface area contributed by atoms with Gasteiger partial charge in [-0.05, 0) is 6.07 Å². The van der Waals surface area contributed by atoms with Gasteiger partial charge in [0.25, 0.3) is 10.0 Å². The lowest BCUT2D eigenvalue weighted by Crippen LogP contribution is -2.42. The number of nitrogens with zero attached hydrogens (tertiary/aromatic N) is 3. The molecule has 0 spiro atoms. The van der Waals surface area contributed by atoms with Gasteiger partial charge >= 0.3 is 5.97 Å². The van der Waals surface area contributed by atoms with E-state index < -0.39 is 22.0 Å². The molecule has 94 valence electrons. The van der Waals surface area contributed by atoms with E-state index in [1.54, 1.807) is 0 Å². The number of carbonyl (C=O) groups is 1. The van der Waals surface area contributed by atoms with Crippen molar-refractivity contribution in [3.05, 3.63) is 12.3 Å². The summed E-state index contributed by atoms with van der Waals surface area (Å²) in [5, 5.41) is 12.8. The summed E-state index contributed by atoms with van der Waals surface area (Å²) in [4.78, 5) is 11.0. The van der Waals surface area contributed by atoms with Gasteiger partial charge in [-0.25, -0.2) is 8.42 Å². The Morgan fingerprint density at radius 3 is 2.88 bits per heavy atom. The molecule has 2 rings (SSSR count). The van der Waals surface area contributed by atoms with E-state index in [1.807, 2.05) is 0 Å². The van der Waals surface area contributed by atoms with Crippen LogP contribution < -0.4 is 0 Å². The van der Waals surface area contributed by atoms with Crippen molar-refractivity contribution >= 4 is 27.8 Å². The van der Waals surface area contributed by atoms with Crippen molar-refractivity contribution in [3.8, 4) is 0 Å². The minimum Gasteiger partial charge on any atom is -0.480 e. The number of aryl methyl sites for hydroxylation is 1. The summed E-state index contributed by atoms with van der Waals surface area (Å²) in [7, 11) is -2.28. The molecular weight excluding hydrogens is 266 g/mol. The number of thioether (sulfide) groups is 1. The van der Waals surface area contributed by atoms with Crippen LogP contribution >= 0.6 is 11.8 Å². The minimum atomic E-state index is -3.79. The minimum absolute atomic E-state index is 0.00579. The van der Waals surface area contributed by atoms with Crippen LogP contribution in [-0.4, -0.2) is 51.3 Å². The zero-order valence-electron chi connectivity index (χ0n) is 8.98. The third-order valence-corrected chi connectivity index (χ3v) is 5.58. The summed E-state index contributed by atoms with van der Waals surface area (Å²) in [5.41, 5.74) is 0. The number of hydrogen-bond donors (Lipinski definition) is 1. The standard InChI is InChI=1S/C8H11N3O4S2/c1-10-7(2-3-9-10)17(14,15)11-5-16-4-6(11)8(12)13/h2-3,6H,4-5H2,1H3,(H,12,13)/t6-/m0/s1. The highest BCUT2D eigenvalue weighted by Gasteiger charge is 2.41. The molecule has 1 aromatic heterocycles. The topological polar surface area (TPSA) is 92.5 Å². The molecule has 1 aliphatic rings. The Hall–Kier alpha value is -1.06. The van der Waals surface area contributed by atoms with Gasteiger partial charge in [0.15, 0.2) is 5.03 Å². The van der Waals surface area contributed by atoms with Gasteiger partial charge in [-0.15, -0.1) is 11.8 Å². The lowest BCUT2D eigenvalue weighted by molar-refractivity contribution is -0.140. The fourth-order valence-electron chi connectivity index (χ4n) is 1.59. The molecule has 2 heterocycles. The van der Waals surface area contributed by atoms with Crippen molar-refractivity contribution in [2.45, 2.75) is 11.1 Å². The average molecular weight is 277 g/mol. The monoisotopic (exact) mass is 277 g/mol. The van der Waals surface area contributed by atoms with Gasteiger partial charge in [0.05, 0.1) is 12.1 Å². The molecule has 0 radical (unpaired) electrons. The SMILES string of the molecule is Cn1nccc1S(=O)(=O)N1CSC[C@H]1C(=O)O. The van der Waals surface area contributed by atoms with Crippen molar-refractivity contribution in [3.63, 3.8) is 0 Å². The lowest BCUT2D eigenvalue weighted by atomic mass is 10.4. The van der Waals surface area contributed by atoms with Crippen molar-refractivity contribution in [2.75, 3.05) is 11.6 Å². The smallest absolute Gasteiger partial charge is 0.322 e. The number of aliphatic carboxylic acids is 1. The first-order chi connectivity index (χ1) is 7.94. The van der Waals surface area contributed by atoms with E-state index in [1.165, 1.54) is 35.8 Å². The van der Waals surface area contributed by atoms with Crippen LogP contribution in [0.1, 0.15) is 0 Å². The number of sulfonamides is 1. The molecule has 0 aliphatic carbocycles. The molecule has 0 amide bonds. The molecule has 1 atom stereocenters. The van der Waals surface area contributed by atoms with Crippen molar-refractivity contribution < 1.29 is 18.3 Å². The average Bonchev–Trinajstić information content (AvgIpc) is 2.84. The quantitative estimate of drug-likeness (QED) is 0.806. The first-order valence-electron chi connectivity index (χ1n) is 4.75. The Bertz CT molecular complexity index is 539. The lowest BCUT2D eigenvalue weighted by Gasteiger charge is -2.19. The van der Waals surface area contributed by atoms with Crippen molar-refractivity contribution in [1.82, 2.24) is 14.1 Å². The maximum Gasteiger partial charge on any atom is 0.322 e. The molecule has 0 unspecified atom stereocenters.